The number of hydrogen-bond acceptors (Lipinski definition) is 5. The van der Waals surface area contributed by atoms with Gasteiger partial charge in [-0.2, -0.15) is 0 Å². The molecule has 30 heavy (non-hydrogen) atoms. The molecule has 2 N–H and O–H groups in total. The monoisotopic (exact) mass is 418 g/mol. The van der Waals surface area contributed by atoms with Crippen molar-refractivity contribution in [3.05, 3.63) is 11.6 Å². The van der Waals surface area contributed by atoms with Crippen LogP contribution < -0.4 is 0 Å². The third-order valence-corrected chi connectivity index (χ3v) is 10.2. The first-order valence-corrected chi connectivity index (χ1v) is 11.7. The second-order valence-electron chi connectivity index (χ2n) is 11.1. The van der Waals surface area contributed by atoms with Gasteiger partial charge < -0.3 is 19.7 Å². The molecule has 6 heteroatoms. The van der Waals surface area contributed by atoms with Crippen LogP contribution in [0.2, 0.25) is 0 Å². The van der Waals surface area contributed by atoms with Crippen molar-refractivity contribution in [1.82, 2.24) is 0 Å². The van der Waals surface area contributed by atoms with Crippen LogP contribution in [0.1, 0.15) is 71.6 Å². The number of carbonyl (C=O) groups excluding carboxylic acids is 1. The summed E-state index contributed by atoms with van der Waals surface area (Å²) in [4.78, 5) is 22.7. The number of carboxylic acid groups (broad SMARTS) is 1. The standard InChI is InChI=1S/C24H34O6/c1-22-8-5-16(30-21(26)27)12-15(22)3-4-19-18(22)6-9-23(2)17(7-10-24(19,23)28)14-11-20(25)29-13-14/h11,15-19,28H,3-10,12-13H2,1-2H3,(H,26,27)/t15-,16+,17-,18+,19-,22+,23-,24+/m1/s1. The molecule has 5 rings (SSSR count). The molecule has 0 aromatic carbocycles. The van der Waals surface area contributed by atoms with E-state index in [2.05, 4.69) is 13.8 Å². The van der Waals surface area contributed by atoms with E-state index in [0.717, 1.165) is 63.4 Å². The summed E-state index contributed by atoms with van der Waals surface area (Å²) in [6.45, 7) is 5.01. The highest BCUT2D eigenvalue weighted by Gasteiger charge is 2.67. The first-order chi connectivity index (χ1) is 14.2. The summed E-state index contributed by atoms with van der Waals surface area (Å²) in [6.07, 6.45) is 8.71. The molecule has 0 spiro atoms. The second kappa shape index (κ2) is 6.72. The third-order valence-electron chi connectivity index (χ3n) is 10.2. The van der Waals surface area contributed by atoms with Gasteiger partial charge in [0.25, 0.3) is 0 Å². The molecule has 5 aliphatic rings. The number of rotatable bonds is 2. The SMILES string of the molecule is C[C@]12CC[C@H](OC(=O)O)C[C@H]1CC[C@@H]1[C@@H]2CC[C@]2(C)[C@@H](C3=CC(=O)OC3)CC[C@]12O. The molecule has 166 valence electrons. The molecular formula is C24H34O6. The predicted molar refractivity (Wildman–Crippen MR) is 109 cm³/mol. The van der Waals surface area contributed by atoms with E-state index in [-0.39, 0.29) is 34.7 Å². The molecule has 4 aliphatic carbocycles. The molecule has 0 amide bonds. The van der Waals surface area contributed by atoms with Crippen LogP contribution in [0.4, 0.5) is 4.79 Å². The van der Waals surface area contributed by atoms with E-state index in [1.54, 1.807) is 6.08 Å². The van der Waals surface area contributed by atoms with Crippen molar-refractivity contribution in [3.63, 3.8) is 0 Å². The second-order valence-corrected chi connectivity index (χ2v) is 11.1. The molecule has 4 fully saturated rings. The van der Waals surface area contributed by atoms with Gasteiger partial charge in [-0.05, 0) is 92.4 Å². The molecule has 0 bridgehead atoms. The molecule has 1 aliphatic heterocycles. The number of esters is 1. The van der Waals surface area contributed by atoms with Crippen molar-refractivity contribution < 1.29 is 29.3 Å². The zero-order valence-electron chi connectivity index (χ0n) is 18.1. The number of carbonyl (C=O) groups is 2. The Labute approximate surface area is 178 Å². The summed E-state index contributed by atoms with van der Waals surface area (Å²) >= 11 is 0. The van der Waals surface area contributed by atoms with E-state index >= 15 is 0 Å². The molecule has 0 aromatic rings. The van der Waals surface area contributed by atoms with E-state index in [4.69, 9.17) is 14.6 Å². The minimum atomic E-state index is -1.17. The zero-order chi connectivity index (χ0) is 21.3. The Morgan fingerprint density at radius 1 is 1.10 bits per heavy atom. The summed E-state index contributed by atoms with van der Waals surface area (Å²) < 4.78 is 10.3. The van der Waals surface area contributed by atoms with E-state index < -0.39 is 11.8 Å². The van der Waals surface area contributed by atoms with Gasteiger partial charge in [0, 0.05) is 11.5 Å². The van der Waals surface area contributed by atoms with Crippen LogP contribution in [0.3, 0.4) is 0 Å². The van der Waals surface area contributed by atoms with Gasteiger partial charge in [0.2, 0.25) is 0 Å². The number of cyclic esters (lactones) is 1. The lowest BCUT2D eigenvalue weighted by Gasteiger charge is -2.63. The van der Waals surface area contributed by atoms with Crippen molar-refractivity contribution in [2.24, 2.45) is 34.5 Å². The number of fused-ring (bicyclic) bond motifs is 5. The highest BCUT2D eigenvalue weighted by Crippen LogP contribution is 2.69. The van der Waals surface area contributed by atoms with E-state index in [0.29, 0.717) is 18.4 Å². The number of hydrogen-bond donors (Lipinski definition) is 2. The molecule has 0 saturated heterocycles. The van der Waals surface area contributed by atoms with E-state index in [9.17, 15) is 14.7 Å². The Morgan fingerprint density at radius 3 is 2.60 bits per heavy atom. The van der Waals surface area contributed by atoms with Crippen LogP contribution in [-0.4, -0.2) is 40.6 Å². The zero-order valence-corrected chi connectivity index (χ0v) is 18.1. The molecule has 4 saturated carbocycles. The van der Waals surface area contributed by atoms with Gasteiger partial charge in [-0.25, -0.2) is 9.59 Å². The summed E-state index contributed by atoms with van der Waals surface area (Å²) in [5.74, 6) is 1.18. The van der Waals surface area contributed by atoms with Crippen molar-refractivity contribution in [3.8, 4) is 0 Å². The van der Waals surface area contributed by atoms with Crippen LogP contribution in [0.15, 0.2) is 11.6 Å². The Hall–Kier alpha value is -1.56. The Morgan fingerprint density at radius 2 is 1.90 bits per heavy atom. The predicted octanol–water partition coefficient (Wildman–Crippen LogP) is 4.31. The summed E-state index contributed by atoms with van der Waals surface area (Å²) in [5, 5.41) is 21.2. The lowest BCUT2D eigenvalue weighted by molar-refractivity contribution is -0.208. The molecule has 0 radical (unpaired) electrons. The summed E-state index contributed by atoms with van der Waals surface area (Å²) in [5.41, 5.74) is 0.307. The highest BCUT2D eigenvalue weighted by molar-refractivity contribution is 5.85. The Bertz CT molecular complexity index is 791. The largest absolute Gasteiger partial charge is 0.506 e. The topological polar surface area (TPSA) is 93.1 Å². The van der Waals surface area contributed by atoms with Gasteiger partial charge in [-0.15, -0.1) is 0 Å². The number of aliphatic hydroxyl groups is 1. The van der Waals surface area contributed by atoms with Crippen molar-refractivity contribution >= 4 is 12.1 Å². The van der Waals surface area contributed by atoms with Gasteiger partial charge in [-0.1, -0.05) is 13.8 Å². The van der Waals surface area contributed by atoms with Gasteiger partial charge in [0.05, 0.1) is 5.60 Å². The average molecular weight is 419 g/mol. The fourth-order valence-corrected chi connectivity index (χ4v) is 8.62. The lowest BCUT2D eigenvalue weighted by atomic mass is 9.43. The smallest absolute Gasteiger partial charge is 0.458 e. The minimum Gasteiger partial charge on any atom is -0.458 e. The fourth-order valence-electron chi connectivity index (χ4n) is 8.62. The molecule has 6 nitrogen and oxygen atoms in total. The maximum atomic E-state index is 12.2. The van der Waals surface area contributed by atoms with E-state index in [1.165, 1.54) is 0 Å². The van der Waals surface area contributed by atoms with Crippen LogP contribution in [0, 0.1) is 34.5 Å². The van der Waals surface area contributed by atoms with Gasteiger partial charge in [-0.3, -0.25) is 0 Å². The Balaban J connectivity index is 1.40. The maximum absolute atomic E-state index is 12.2. The van der Waals surface area contributed by atoms with Crippen LogP contribution >= 0.6 is 0 Å². The fraction of sp³-hybridized carbons (Fsp3) is 0.833. The third kappa shape index (κ3) is 2.71. The minimum absolute atomic E-state index is 0.141. The van der Waals surface area contributed by atoms with Gasteiger partial charge >= 0.3 is 12.1 Å². The summed E-state index contributed by atoms with van der Waals surface area (Å²) in [6, 6.07) is 0. The lowest BCUT2D eigenvalue weighted by Crippen LogP contribution is -2.62. The maximum Gasteiger partial charge on any atom is 0.506 e. The summed E-state index contributed by atoms with van der Waals surface area (Å²) in [7, 11) is 0. The van der Waals surface area contributed by atoms with Crippen molar-refractivity contribution in [2.45, 2.75) is 83.3 Å². The van der Waals surface area contributed by atoms with E-state index in [1.807, 2.05) is 0 Å². The first kappa shape index (κ1) is 20.3. The average Bonchev–Trinajstić information content (AvgIpc) is 3.22. The Kier molecular flexibility index (Phi) is 4.56. The normalized spacial score (nSPS) is 50.0. The first-order valence-electron chi connectivity index (χ1n) is 11.7. The molecule has 1 heterocycles. The highest BCUT2D eigenvalue weighted by atomic mass is 16.7. The molecule has 8 atom stereocenters. The van der Waals surface area contributed by atoms with Crippen molar-refractivity contribution in [2.75, 3.05) is 6.61 Å². The molecule has 0 aromatic heterocycles. The molecule has 0 unspecified atom stereocenters. The molecular weight excluding hydrogens is 384 g/mol. The van der Waals surface area contributed by atoms with Crippen molar-refractivity contribution in [1.29, 1.82) is 0 Å². The van der Waals surface area contributed by atoms with Crippen LogP contribution in [0.5, 0.6) is 0 Å². The quantitative estimate of drug-likeness (QED) is 0.649. The van der Waals surface area contributed by atoms with Crippen LogP contribution in [-0.2, 0) is 14.3 Å². The van der Waals surface area contributed by atoms with Crippen LogP contribution in [0.25, 0.3) is 0 Å². The van der Waals surface area contributed by atoms with Gasteiger partial charge in [0.15, 0.2) is 0 Å². The number of ether oxygens (including phenoxy) is 2. The van der Waals surface area contributed by atoms with Gasteiger partial charge in [0.1, 0.15) is 12.7 Å².